The molecule has 3 aromatic rings. The number of furan rings is 1. The molecule has 1 N–H and O–H groups in total. The Morgan fingerprint density at radius 1 is 0.964 bits per heavy atom. The molecule has 1 fully saturated rings. The van der Waals surface area contributed by atoms with Crippen molar-refractivity contribution < 1.29 is 9.21 Å². The summed E-state index contributed by atoms with van der Waals surface area (Å²) >= 11 is 19.5. The van der Waals surface area contributed by atoms with Crippen molar-refractivity contribution >= 4 is 69.4 Å². The molecular weight excluding hydrogens is 439 g/mol. The summed E-state index contributed by atoms with van der Waals surface area (Å²) in [6.45, 7) is 0. The molecule has 140 valence electrons. The topological polar surface area (TPSA) is 54.6 Å². The van der Waals surface area contributed by atoms with Gasteiger partial charge in [0.15, 0.2) is 5.17 Å². The minimum absolute atomic E-state index is 0.266. The molecule has 2 heterocycles. The SMILES string of the molecule is O=C1NC(=Nc2cccc(Cl)c2Cl)SC1=Cc1ccc(-c2ccccc2Cl)o1. The number of nitrogens with zero attached hydrogens (tertiary/aromatic N) is 1. The molecule has 0 atom stereocenters. The highest BCUT2D eigenvalue weighted by molar-refractivity contribution is 8.18. The van der Waals surface area contributed by atoms with Gasteiger partial charge in [-0.25, -0.2) is 4.99 Å². The van der Waals surface area contributed by atoms with Gasteiger partial charge in [0.2, 0.25) is 0 Å². The number of rotatable bonds is 3. The number of nitrogens with one attached hydrogen (secondary N) is 1. The second-order valence-electron chi connectivity index (χ2n) is 5.74. The summed E-state index contributed by atoms with van der Waals surface area (Å²) in [5.41, 5.74) is 1.27. The molecule has 0 spiro atoms. The first-order chi connectivity index (χ1) is 13.5. The van der Waals surface area contributed by atoms with E-state index in [0.717, 1.165) is 5.56 Å². The third-order valence-electron chi connectivity index (χ3n) is 3.84. The van der Waals surface area contributed by atoms with Crippen molar-refractivity contribution in [2.45, 2.75) is 0 Å². The Morgan fingerprint density at radius 3 is 2.57 bits per heavy atom. The maximum Gasteiger partial charge on any atom is 0.264 e. The fourth-order valence-electron chi connectivity index (χ4n) is 2.53. The second-order valence-corrected chi connectivity index (χ2v) is 7.96. The third-order valence-corrected chi connectivity index (χ3v) is 5.89. The van der Waals surface area contributed by atoms with Crippen molar-refractivity contribution in [2.24, 2.45) is 4.99 Å². The van der Waals surface area contributed by atoms with Crippen LogP contribution in [0.5, 0.6) is 0 Å². The summed E-state index contributed by atoms with van der Waals surface area (Å²) in [4.78, 5) is 17.1. The average molecular weight is 450 g/mol. The minimum Gasteiger partial charge on any atom is -0.457 e. The van der Waals surface area contributed by atoms with Gasteiger partial charge in [0.1, 0.15) is 11.5 Å². The van der Waals surface area contributed by atoms with E-state index in [4.69, 9.17) is 39.2 Å². The molecule has 0 radical (unpaired) electrons. The number of benzene rings is 2. The zero-order valence-corrected chi connectivity index (χ0v) is 17.2. The van der Waals surface area contributed by atoms with Crippen molar-refractivity contribution in [1.29, 1.82) is 0 Å². The lowest BCUT2D eigenvalue weighted by atomic mass is 10.2. The first-order valence-corrected chi connectivity index (χ1v) is 10.0. The van der Waals surface area contributed by atoms with Crippen molar-refractivity contribution in [3.63, 3.8) is 0 Å². The van der Waals surface area contributed by atoms with Gasteiger partial charge in [0, 0.05) is 11.6 Å². The van der Waals surface area contributed by atoms with Gasteiger partial charge >= 0.3 is 0 Å². The summed E-state index contributed by atoms with van der Waals surface area (Å²) in [5, 5.41) is 4.45. The van der Waals surface area contributed by atoms with Crippen LogP contribution < -0.4 is 5.32 Å². The van der Waals surface area contributed by atoms with E-state index in [1.165, 1.54) is 11.8 Å². The van der Waals surface area contributed by atoms with Crippen LogP contribution in [0, 0.1) is 0 Å². The molecule has 4 rings (SSSR count). The van der Waals surface area contributed by atoms with Crippen molar-refractivity contribution in [3.05, 3.63) is 80.3 Å². The number of hydrogen-bond acceptors (Lipinski definition) is 4. The Morgan fingerprint density at radius 2 is 1.75 bits per heavy atom. The molecule has 0 bridgehead atoms. The van der Waals surface area contributed by atoms with E-state index >= 15 is 0 Å². The van der Waals surface area contributed by atoms with Crippen LogP contribution in [0.2, 0.25) is 15.1 Å². The van der Waals surface area contributed by atoms with Gasteiger partial charge in [-0.2, -0.15) is 0 Å². The van der Waals surface area contributed by atoms with Crippen LogP contribution >= 0.6 is 46.6 Å². The lowest BCUT2D eigenvalue weighted by Gasteiger charge is -2.00. The Bertz CT molecular complexity index is 1140. The van der Waals surface area contributed by atoms with E-state index < -0.39 is 0 Å². The molecule has 28 heavy (non-hydrogen) atoms. The van der Waals surface area contributed by atoms with Crippen LogP contribution in [0.25, 0.3) is 17.4 Å². The number of amides is 1. The molecule has 1 aliphatic rings. The predicted octanol–water partition coefficient (Wildman–Crippen LogP) is 6.80. The smallest absolute Gasteiger partial charge is 0.264 e. The van der Waals surface area contributed by atoms with Crippen molar-refractivity contribution in [2.75, 3.05) is 0 Å². The highest BCUT2D eigenvalue weighted by atomic mass is 35.5. The maximum atomic E-state index is 12.3. The Kier molecular flexibility index (Phi) is 5.51. The second kappa shape index (κ2) is 8.05. The molecule has 1 saturated heterocycles. The van der Waals surface area contributed by atoms with E-state index in [0.29, 0.717) is 42.3 Å². The van der Waals surface area contributed by atoms with Crippen LogP contribution in [0.4, 0.5) is 5.69 Å². The number of carbonyl (C=O) groups excluding carboxylic acids is 1. The van der Waals surface area contributed by atoms with Gasteiger partial charge in [-0.15, -0.1) is 0 Å². The van der Waals surface area contributed by atoms with E-state index in [2.05, 4.69) is 10.3 Å². The van der Waals surface area contributed by atoms with Gasteiger partial charge in [-0.3, -0.25) is 4.79 Å². The number of amidine groups is 1. The molecule has 0 aliphatic carbocycles. The summed E-state index contributed by atoms with van der Waals surface area (Å²) in [5.74, 6) is 0.896. The summed E-state index contributed by atoms with van der Waals surface area (Å²) in [6.07, 6.45) is 1.66. The lowest BCUT2D eigenvalue weighted by molar-refractivity contribution is -0.115. The molecule has 1 amide bonds. The highest BCUT2D eigenvalue weighted by Gasteiger charge is 2.24. The quantitative estimate of drug-likeness (QED) is 0.447. The molecule has 1 aromatic heterocycles. The summed E-state index contributed by atoms with van der Waals surface area (Å²) in [7, 11) is 0. The molecule has 2 aromatic carbocycles. The van der Waals surface area contributed by atoms with Crippen molar-refractivity contribution in [3.8, 4) is 11.3 Å². The van der Waals surface area contributed by atoms with Crippen LogP contribution in [0.1, 0.15) is 5.76 Å². The predicted molar refractivity (Wildman–Crippen MR) is 116 cm³/mol. The minimum atomic E-state index is -0.266. The Balaban J connectivity index is 1.58. The Labute approximate surface area is 180 Å². The average Bonchev–Trinajstić information content (AvgIpc) is 3.27. The molecule has 8 heteroatoms. The monoisotopic (exact) mass is 448 g/mol. The van der Waals surface area contributed by atoms with Gasteiger partial charge in [0.05, 0.1) is 25.7 Å². The number of halogens is 3. The third kappa shape index (κ3) is 3.98. The number of hydrogen-bond donors (Lipinski definition) is 1. The van der Waals surface area contributed by atoms with E-state index in [-0.39, 0.29) is 5.91 Å². The Hall–Kier alpha value is -2.18. The largest absolute Gasteiger partial charge is 0.457 e. The highest BCUT2D eigenvalue weighted by Crippen LogP contribution is 2.35. The van der Waals surface area contributed by atoms with Crippen LogP contribution in [0.15, 0.2) is 68.9 Å². The number of aliphatic imine (C=N–C) groups is 1. The fourth-order valence-corrected chi connectivity index (χ4v) is 3.92. The molecule has 0 unspecified atom stereocenters. The normalized spacial score (nSPS) is 16.8. The fraction of sp³-hybridized carbons (Fsp3) is 0. The van der Waals surface area contributed by atoms with E-state index in [1.807, 2.05) is 24.3 Å². The zero-order chi connectivity index (χ0) is 19.7. The standard InChI is InChI=1S/C20H11Cl3N2O2S/c21-13-5-2-1-4-12(13)16-9-8-11(27-16)10-17-19(26)25-20(28-17)24-15-7-3-6-14(22)18(15)23/h1-10H,(H,24,25,26). The van der Waals surface area contributed by atoms with Crippen molar-refractivity contribution in [1.82, 2.24) is 5.32 Å². The van der Waals surface area contributed by atoms with Crippen LogP contribution in [-0.2, 0) is 4.79 Å². The van der Waals surface area contributed by atoms with Crippen LogP contribution in [0.3, 0.4) is 0 Å². The lowest BCUT2D eigenvalue weighted by Crippen LogP contribution is -2.19. The first kappa shape index (κ1) is 19.2. The molecule has 0 saturated carbocycles. The number of carbonyl (C=O) groups is 1. The van der Waals surface area contributed by atoms with Gasteiger partial charge < -0.3 is 9.73 Å². The van der Waals surface area contributed by atoms with Crippen LogP contribution in [-0.4, -0.2) is 11.1 Å². The molecule has 4 nitrogen and oxygen atoms in total. The van der Waals surface area contributed by atoms with E-state index in [9.17, 15) is 4.79 Å². The zero-order valence-electron chi connectivity index (χ0n) is 14.1. The molecular formula is C20H11Cl3N2O2S. The maximum absolute atomic E-state index is 12.3. The van der Waals surface area contributed by atoms with E-state index in [1.54, 1.807) is 36.4 Å². The molecule has 1 aliphatic heterocycles. The first-order valence-electron chi connectivity index (χ1n) is 8.09. The summed E-state index contributed by atoms with van der Waals surface area (Å²) < 4.78 is 5.82. The van der Waals surface area contributed by atoms with Gasteiger partial charge in [0.25, 0.3) is 5.91 Å². The van der Waals surface area contributed by atoms with Gasteiger partial charge in [-0.05, 0) is 48.2 Å². The number of thioether (sulfide) groups is 1. The summed E-state index contributed by atoms with van der Waals surface area (Å²) in [6, 6.07) is 16.1. The van der Waals surface area contributed by atoms with Gasteiger partial charge in [-0.1, -0.05) is 53.0 Å².